The van der Waals surface area contributed by atoms with Crippen LogP contribution in [-0.4, -0.2) is 54.8 Å². The maximum Gasteiger partial charge on any atom is 0.420 e. The van der Waals surface area contributed by atoms with Gasteiger partial charge in [0.05, 0.1) is 23.4 Å². The van der Waals surface area contributed by atoms with Crippen molar-refractivity contribution < 1.29 is 45.0 Å². The van der Waals surface area contributed by atoms with Crippen molar-refractivity contribution >= 4 is 23.4 Å². The highest BCUT2D eigenvalue weighted by molar-refractivity contribution is 5.89. The summed E-state index contributed by atoms with van der Waals surface area (Å²) in [6.07, 6.45) is -9.55. The fourth-order valence-corrected chi connectivity index (χ4v) is 5.74. The zero-order chi connectivity index (χ0) is 37.2. The van der Waals surface area contributed by atoms with Crippen molar-refractivity contribution in [2.75, 3.05) is 44.0 Å². The Hall–Kier alpha value is -4.92. The van der Waals surface area contributed by atoms with E-state index in [9.17, 15) is 31.1 Å². The van der Waals surface area contributed by atoms with Crippen LogP contribution in [0.1, 0.15) is 40.7 Å². The number of piperidine rings is 1. The zero-order valence-corrected chi connectivity index (χ0v) is 28.5. The SMILES string of the molecule is Cc1ccc(-c2cc(OC(=O)N(C)c3cc(C(F)(F)F)cc(C(F)(F)F)c3)nc(Nc3ccc(OCC4CCCN(C)C4)c(F)c3)n2)c(C)c1C. The number of anilines is 3. The number of aryl methyl sites for hydroxylation is 1. The lowest BCUT2D eigenvalue weighted by Gasteiger charge is -2.29. The van der Waals surface area contributed by atoms with Crippen LogP contribution in [0.3, 0.4) is 0 Å². The standard InChI is InChI=1S/C36H36F7N5O3/c1-20-8-10-28(22(3)21(20)2)30-17-32(51-34(49)48(5)27-14-24(35(38,39)40)13-25(15-27)36(41,42)43)46-33(45-30)44-26-9-11-31(29(37)16-26)50-19-23-7-6-12-47(4)18-23/h8-11,13-17,23H,6-7,12,18-19H2,1-5H3,(H,44,45,46). The minimum atomic E-state index is -5.12. The van der Waals surface area contributed by atoms with Gasteiger partial charge in [0.15, 0.2) is 11.6 Å². The van der Waals surface area contributed by atoms with E-state index in [1.807, 2.05) is 33.9 Å². The average molecular weight is 720 g/mol. The van der Waals surface area contributed by atoms with Gasteiger partial charge in [-0.15, -0.1) is 0 Å². The fourth-order valence-electron chi connectivity index (χ4n) is 5.74. The van der Waals surface area contributed by atoms with Gasteiger partial charge in [0.2, 0.25) is 11.8 Å². The Morgan fingerprint density at radius 3 is 2.25 bits per heavy atom. The van der Waals surface area contributed by atoms with Gasteiger partial charge in [0.1, 0.15) is 0 Å². The number of aromatic nitrogens is 2. The second kappa shape index (κ2) is 14.7. The van der Waals surface area contributed by atoms with Gasteiger partial charge in [0.25, 0.3) is 0 Å². The first kappa shape index (κ1) is 37.3. The molecule has 3 aromatic carbocycles. The number of alkyl halides is 6. The number of hydrogen-bond acceptors (Lipinski definition) is 7. The van der Waals surface area contributed by atoms with Crippen LogP contribution in [0.4, 0.5) is 52.9 Å². The molecule has 8 nitrogen and oxygen atoms in total. The van der Waals surface area contributed by atoms with Crippen LogP contribution in [0.5, 0.6) is 11.6 Å². The number of carbonyl (C=O) groups excluding carboxylic acids is 1. The monoisotopic (exact) mass is 719 g/mol. The second-order valence-corrected chi connectivity index (χ2v) is 12.6. The molecule has 1 N–H and O–H groups in total. The molecular formula is C36H36F7N5O3. The largest absolute Gasteiger partial charge is 0.490 e. The molecule has 2 heterocycles. The molecule has 1 aliphatic heterocycles. The predicted octanol–water partition coefficient (Wildman–Crippen LogP) is 9.34. The number of carbonyl (C=O) groups is 1. The van der Waals surface area contributed by atoms with E-state index < -0.39 is 41.1 Å². The van der Waals surface area contributed by atoms with Crippen molar-refractivity contribution in [1.82, 2.24) is 14.9 Å². The van der Waals surface area contributed by atoms with Crippen LogP contribution < -0.4 is 19.7 Å². The number of amides is 1. The summed E-state index contributed by atoms with van der Waals surface area (Å²) in [5.41, 5.74) is 0.0224. The quantitative estimate of drug-likeness (QED) is 0.182. The van der Waals surface area contributed by atoms with Gasteiger partial charge in [-0.1, -0.05) is 12.1 Å². The van der Waals surface area contributed by atoms with E-state index in [1.54, 1.807) is 12.1 Å². The third-order valence-electron chi connectivity index (χ3n) is 8.85. The molecule has 0 spiro atoms. The van der Waals surface area contributed by atoms with E-state index >= 15 is 4.39 Å². The van der Waals surface area contributed by atoms with Crippen molar-refractivity contribution in [2.45, 2.75) is 46.0 Å². The summed E-state index contributed by atoms with van der Waals surface area (Å²) >= 11 is 0. The molecule has 1 amide bonds. The van der Waals surface area contributed by atoms with Crippen molar-refractivity contribution in [2.24, 2.45) is 5.92 Å². The Morgan fingerprint density at radius 1 is 0.941 bits per heavy atom. The van der Waals surface area contributed by atoms with Crippen LogP contribution in [-0.2, 0) is 12.4 Å². The van der Waals surface area contributed by atoms with Gasteiger partial charge in [-0.05, 0) is 94.2 Å². The van der Waals surface area contributed by atoms with E-state index in [0.29, 0.717) is 29.2 Å². The Kier molecular flexibility index (Phi) is 10.8. The molecule has 5 rings (SSSR count). The molecule has 0 bridgehead atoms. The summed E-state index contributed by atoms with van der Waals surface area (Å²) < 4.78 is 107. The minimum absolute atomic E-state index is 0.0414. The van der Waals surface area contributed by atoms with E-state index in [1.165, 1.54) is 18.2 Å². The van der Waals surface area contributed by atoms with E-state index in [4.69, 9.17) is 9.47 Å². The number of nitrogens with zero attached hydrogens (tertiary/aromatic N) is 4. The van der Waals surface area contributed by atoms with Gasteiger partial charge in [-0.3, -0.25) is 4.90 Å². The highest BCUT2D eigenvalue weighted by atomic mass is 19.4. The molecule has 1 aliphatic rings. The predicted molar refractivity (Wildman–Crippen MR) is 178 cm³/mol. The maximum atomic E-state index is 15.1. The summed E-state index contributed by atoms with van der Waals surface area (Å²) in [7, 11) is 2.99. The number of rotatable bonds is 8. The normalized spacial score (nSPS) is 15.4. The topological polar surface area (TPSA) is 79.8 Å². The first-order valence-corrected chi connectivity index (χ1v) is 16.0. The van der Waals surface area contributed by atoms with Crippen LogP contribution in [0.2, 0.25) is 0 Å². The third kappa shape index (κ3) is 9.06. The van der Waals surface area contributed by atoms with Crippen molar-refractivity contribution in [3.8, 4) is 22.9 Å². The summed E-state index contributed by atoms with van der Waals surface area (Å²) in [6.45, 7) is 7.91. The number of halogens is 7. The molecule has 15 heteroatoms. The molecule has 0 saturated carbocycles. The maximum absolute atomic E-state index is 15.1. The molecule has 0 radical (unpaired) electrons. The Labute approximate surface area is 290 Å². The minimum Gasteiger partial charge on any atom is -0.490 e. The molecule has 1 aromatic heterocycles. The summed E-state index contributed by atoms with van der Waals surface area (Å²) in [4.78, 5) is 24.6. The molecule has 0 aliphatic carbocycles. The van der Waals surface area contributed by atoms with Crippen LogP contribution in [0, 0.1) is 32.5 Å². The Morgan fingerprint density at radius 2 is 1.63 bits per heavy atom. The summed E-state index contributed by atoms with van der Waals surface area (Å²) in [5.74, 6) is -0.815. The van der Waals surface area contributed by atoms with Crippen molar-refractivity contribution in [3.63, 3.8) is 0 Å². The molecule has 1 unspecified atom stereocenters. The average Bonchev–Trinajstić information content (AvgIpc) is 3.05. The van der Waals surface area contributed by atoms with Crippen molar-refractivity contribution in [1.29, 1.82) is 0 Å². The number of likely N-dealkylation sites (tertiary alicyclic amines) is 1. The number of hydrogen-bond donors (Lipinski definition) is 1. The van der Waals surface area contributed by atoms with E-state index in [-0.39, 0.29) is 40.9 Å². The number of ether oxygens (including phenoxy) is 2. The zero-order valence-electron chi connectivity index (χ0n) is 28.5. The van der Waals surface area contributed by atoms with Gasteiger partial charge in [0, 0.05) is 48.6 Å². The molecular weight excluding hydrogens is 683 g/mol. The van der Waals surface area contributed by atoms with Gasteiger partial charge in [-0.2, -0.15) is 31.3 Å². The lowest BCUT2D eigenvalue weighted by molar-refractivity contribution is -0.143. The molecule has 4 aromatic rings. The third-order valence-corrected chi connectivity index (χ3v) is 8.85. The number of nitrogens with one attached hydrogen (secondary N) is 1. The fraction of sp³-hybridized carbons (Fsp3) is 0.361. The summed E-state index contributed by atoms with van der Waals surface area (Å²) in [5, 5.41) is 2.88. The Bertz CT molecular complexity index is 1880. The van der Waals surface area contributed by atoms with Gasteiger partial charge < -0.3 is 19.7 Å². The van der Waals surface area contributed by atoms with E-state index in [0.717, 1.165) is 49.7 Å². The highest BCUT2D eigenvalue weighted by Gasteiger charge is 2.38. The number of benzene rings is 3. The Balaban J connectivity index is 1.44. The molecule has 1 atom stereocenters. The van der Waals surface area contributed by atoms with Gasteiger partial charge in [-0.25, -0.2) is 14.2 Å². The first-order valence-electron chi connectivity index (χ1n) is 16.0. The molecule has 1 saturated heterocycles. The molecule has 1 fully saturated rings. The molecule has 272 valence electrons. The second-order valence-electron chi connectivity index (χ2n) is 12.6. The van der Waals surface area contributed by atoms with Crippen molar-refractivity contribution in [3.05, 3.63) is 88.2 Å². The highest BCUT2D eigenvalue weighted by Crippen LogP contribution is 2.39. The lowest BCUT2D eigenvalue weighted by Crippen LogP contribution is -2.34. The lowest BCUT2D eigenvalue weighted by atomic mass is 9.97. The summed E-state index contributed by atoms with van der Waals surface area (Å²) in [6, 6.07) is 9.92. The molecule has 51 heavy (non-hydrogen) atoms. The smallest absolute Gasteiger partial charge is 0.420 e. The van der Waals surface area contributed by atoms with Crippen LogP contribution >= 0.6 is 0 Å². The first-order chi connectivity index (χ1) is 23.9. The van der Waals surface area contributed by atoms with Crippen LogP contribution in [0.15, 0.2) is 54.6 Å². The van der Waals surface area contributed by atoms with Gasteiger partial charge >= 0.3 is 18.4 Å². The van der Waals surface area contributed by atoms with Crippen LogP contribution in [0.25, 0.3) is 11.3 Å². The van der Waals surface area contributed by atoms with E-state index in [2.05, 4.69) is 20.2 Å².